The van der Waals surface area contributed by atoms with Crippen molar-refractivity contribution < 1.29 is 19.1 Å². The molecule has 0 saturated carbocycles. The summed E-state index contributed by atoms with van der Waals surface area (Å²) in [7, 11) is 0. The van der Waals surface area contributed by atoms with Gasteiger partial charge in [-0.3, -0.25) is 9.59 Å². The summed E-state index contributed by atoms with van der Waals surface area (Å²) in [6.45, 7) is 6.24. The number of rotatable bonds is 11. The zero-order valence-corrected chi connectivity index (χ0v) is 19.0. The van der Waals surface area contributed by atoms with E-state index in [0.29, 0.717) is 19.4 Å². The summed E-state index contributed by atoms with van der Waals surface area (Å²) in [6.07, 6.45) is 0.185. The van der Waals surface area contributed by atoms with E-state index in [2.05, 4.69) is 16.0 Å². The van der Waals surface area contributed by atoms with E-state index in [1.807, 2.05) is 81.4 Å². The Morgan fingerprint density at radius 3 is 1.97 bits per heavy atom. The monoisotopic (exact) mass is 439 g/mol. The third kappa shape index (κ3) is 8.79. The van der Waals surface area contributed by atoms with Gasteiger partial charge in [0.05, 0.1) is 0 Å². The number of ether oxygens (including phenoxy) is 1. The maximum Gasteiger partial charge on any atom is 0.408 e. The molecule has 0 fully saturated rings. The lowest BCUT2D eigenvalue weighted by atomic mass is 10.0. The van der Waals surface area contributed by atoms with Gasteiger partial charge in [-0.05, 0) is 29.9 Å². The second-order valence-corrected chi connectivity index (χ2v) is 8.06. The predicted molar refractivity (Wildman–Crippen MR) is 124 cm³/mol. The van der Waals surface area contributed by atoms with Crippen LogP contribution in [-0.2, 0) is 27.5 Å². The highest BCUT2D eigenvalue weighted by Gasteiger charge is 2.27. The largest absolute Gasteiger partial charge is 0.445 e. The van der Waals surface area contributed by atoms with Crippen LogP contribution in [0, 0.1) is 5.92 Å². The molecule has 0 aliphatic heterocycles. The Hall–Kier alpha value is -3.35. The summed E-state index contributed by atoms with van der Waals surface area (Å²) >= 11 is 0. The number of carbonyl (C=O) groups is 3. The topological polar surface area (TPSA) is 96.5 Å². The molecule has 0 spiro atoms. The smallest absolute Gasteiger partial charge is 0.408 e. The fraction of sp³-hybridized carbons (Fsp3) is 0.400. The Bertz CT molecular complexity index is 856. The van der Waals surface area contributed by atoms with Crippen molar-refractivity contribution in [1.82, 2.24) is 16.0 Å². The lowest BCUT2D eigenvalue weighted by molar-refractivity contribution is -0.130. The van der Waals surface area contributed by atoms with Crippen LogP contribution in [0.2, 0.25) is 0 Å². The summed E-state index contributed by atoms with van der Waals surface area (Å²) < 4.78 is 5.25. The average molecular weight is 440 g/mol. The van der Waals surface area contributed by atoms with Gasteiger partial charge in [0.1, 0.15) is 18.7 Å². The standard InChI is InChI=1S/C25H33N3O4/c1-4-21(23(29)26-16-19-11-7-5-8-12-19)27-24(30)22(15-18(2)3)28-25(31)32-17-20-13-9-6-10-14-20/h5-14,18,21-22H,4,15-17H2,1-3H3,(H,26,29)(H,27,30)(H,28,31)/t21-,22-/m0/s1. The minimum atomic E-state index is -0.797. The Morgan fingerprint density at radius 1 is 0.812 bits per heavy atom. The molecule has 0 heterocycles. The van der Waals surface area contributed by atoms with Gasteiger partial charge < -0.3 is 20.7 Å². The Kier molecular flexibility index (Phi) is 10.2. The van der Waals surface area contributed by atoms with E-state index in [4.69, 9.17) is 4.74 Å². The second kappa shape index (κ2) is 13.1. The molecule has 0 aliphatic carbocycles. The van der Waals surface area contributed by atoms with Crippen LogP contribution in [0.15, 0.2) is 60.7 Å². The first-order valence-electron chi connectivity index (χ1n) is 11.0. The highest BCUT2D eigenvalue weighted by atomic mass is 16.5. The van der Waals surface area contributed by atoms with Gasteiger partial charge in [0, 0.05) is 6.54 Å². The van der Waals surface area contributed by atoms with Crippen LogP contribution in [0.5, 0.6) is 0 Å². The third-order valence-corrected chi connectivity index (χ3v) is 4.88. The molecule has 0 bridgehead atoms. The summed E-state index contributed by atoms with van der Waals surface area (Å²) in [6, 6.07) is 17.4. The normalized spacial score (nSPS) is 12.5. The molecular weight excluding hydrogens is 406 g/mol. The SMILES string of the molecule is CC[C@H](NC(=O)[C@H](CC(C)C)NC(=O)OCc1ccccc1)C(=O)NCc1ccccc1. The highest BCUT2D eigenvalue weighted by Crippen LogP contribution is 2.08. The molecule has 0 saturated heterocycles. The van der Waals surface area contributed by atoms with Crippen molar-refractivity contribution in [2.24, 2.45) is 5.92 Å². The summed E-state index contributed by atoms with van der Waals surface area (Å²) in [5.41, 5.74) is 1.83. The molecule has 7 heteroatoms. The second-order valence-electron chi connectivity index (χ2n) is 8.06. The van der Waals surface area contributed by atoms with Crippen LogP contribution in [0.25, 0.3) is 0 Å². The van der Waals surface area contributed by atoms with Crippen molar-refractivity contribution in [2.75, 3.05) is 0 Å². The fourth-order valence-corrected chi connectivity index (χ4v) is 3.14. The number of amides is 3. The van der Waals surface area contributed by atoms with Crippen LogP contribution >= 0.6 is 0 Å². The third-order valence-electron chi connectivity index (χ3n) is 4.88. The molecule has 2 rings (SSSR count). The number of nitrogens with one attached hydrogen (secondary N) is 3. The van der Waals surface area contributed by atoms with Crippen molar-refractivity contribution in [3.8, 4) is 0 Å². The minimum absolute atomic E-state index is 0.113. The average Bonchev–Trinajstić information content (AvgIpc) is 2.80. The molecule has 2 aromatic rings. The van der Waals surface area contributed by atoms with Crippen LogP contribution in [0.1, 0.15) is 44.7 Å². The molecule has 3 amide bonds. The van der Waals surface area contributed by atoms with Crippen LogP contribution in [0.3, 0.4) is 0 Å². The number of carbonyl (C=O) groups excluding carboxylic acids is 3. The molecule has 3 N–H and O–H groups in total. The first-order valence-corrected chi connectivity index (χ1v) is 11.0. The lowest BCUT2D eigenvalue weighted by Gasteiger charge is -2.23. The Labute approximate surface area is 189 Å². The van der Waals surface area contributed by atoms with Crippen LogP contribution < -0.4 is 16.0 Å². The maximum absolute atomic E-state index is 12.9. The molecule has 32 heavy (non-hydrogen) atoms. The predicted octanol–water partition coefficient (Wildman–Crippen LogP) is 3.54. The first kappa shape index (κ1) is 24.9. The van der Waals surface area contributed by atoms with Crippen molar-refractivity contribution in [1.29, 1.82) is 0 Å². The van der Waals surface area contributed by atoms with Gasteiger partial charge in [-0.25, -0.2) is 4.79 Å². The van der Waals surface area contributed by atoms with E-state index in [-0.39, 0.29) is 18.4 Å². The van der Waals surface area contributed by atoms with E-state index in [0.717, 1.165) is 11.1 Å². The molecule has 0 radical (unpaired) electrons. The van der Waals surface area contributed by atoms with Gasteiger partial charge in [-0.1, -0.05) is 81.4 Å². The van der Waals surface area contributed by atoms with Crippen LogP contribution in [0.4, 0.5) is 4.79 Å². The molecule has 172 valence electrons. The number of hydrogen-bond acceptors (Lipinski definition) is 4. The van der Waals surface area contributed by atoms with E-state index in [1.54, 1.807) is 0 Å². The molecule has 0 aromatic heterocycles. The first-order chi connectivity index (χ1) is 15.4. The number of hydrogen-bond donors (Lipinski definition) is 3. The van der Waals surface area contributed by atoms with Gasteiger partial charge in [-0.2, -0.15) is 0 Å². The molecule has 0 unspecified atom stereocenters. The molecule has 2 atom stereocenters. The summed E-state index contributed by atoms with van der Waals surface area (Å²) in [4.78, 5) is 37.7. The minimum Gasteiger partial charge on any atom is -0.445 e. The highest BCUT2D eigenvalue weighted by molar-refractivity contribution is 5.91. The quantitative estimate of drug-likeness (QED) is 0.499. The Balaban J connectivity index is 1.91. The van der Waals surface area contributed by atoms with E-state index < -0.39 is 24.1 Å². The van der Waals surface area contributed by atoms with Gasteiger partial charge in [0.15, 0.2) is 0 Å². The molecular formula is C25H33N3O4. The number of benzene rings is 2. The molecule has 7 nitrogen and oxygen atoms in total. The maximum atomic E-state index is 12.9. The zero-order valence-electron chi connectivity index (χ0n) is 19.0. The summed E-state index contributed by atoms with van der Waals surface area (Å²) in [5, 5.41) is 8.25. The van der Waals surface area contributed by atoms with Crippen LogP contribution in [-0.4, -0.2) is 30.0 Å². The lowest BCUT2D eigenvalue weighted by Crippen LogP contribution is -2.53. The molecule has 0 aliphatic rings. The summed E-state index contributed by atoms with van der Waals surface area (Å²) in [5.74, 6) is -0.510. The van der Waals surface area contributed by atoms with E-state index in [1.165, 1.54) is 0 Å². The molecule has 2 aromatic carbocycles. The van der Waals surface area contributed by atoms with Crippen molar-refractivity contribution in [3.05, 3.63) is 71.8 Å². The van der Waals surface area contributed by atoms with E-state index >= 15 is 0 Å². The van der Waals surface area contributed by atoms with Gasteiger partial charge in [-0.15, -0.1) is 0 Å². The fourth-order valence-electron chi connectivity index (χ4n) is 3.14. The van der Waals surface area contributed by atoms with Gasteiger partial charge in [0.2, 0.25) is 11.8 Å². The van der Waals surface area contributed by atoms with Gasteiger partial charge in [0.25, 0.3) is 0 Å². The Morgan fingerprint density at radius 2 is 1.41 bits per heavy atom. The number of alkyl carbamates (subject to hydrolysis) is 1. The van der Waals surface area contributed by atoms with E-state index in [9.17, 15) is 14.4 Å². The van der Waals surface area contributed by atoms with Crippen molar-refractivity contribution in [3.63, 3.8) is 0 Å². The van der Waals surface area contributed by atoms with Gasteiger partial charge >= 0.3 is 6.09 Å². The van der Waals surface area contributed by atoms with Crippen molar-refractivity contribution in [2.45, 2.75) is 58.8 Å². The zero-order chi connectivity index (χ0) is 23.3. The van der Waals surface area contributed by atoms with Crippen molar-refractivity contribution >= 4 is 17.9 Å².